The Morgan fingerprint density at radius 1 is 1.10 bits per heavy atom. The summed E-state index contributed by atoms with van der Waals surface area (Å²) in [6.07, 6.45) is 0. The zero-order valence-electron chi connectivity index (χ0n) is 11.0. The number of aryl methyl sites for hydroxylation is 1. The van der Waals surface area contributed by atoms with E-state index in [2.05, 4.69) is 40.5 Å². The molecule has 0 saturated heterocycles. The molecule has 0 N–H and O–H groups in total. The Hall–Kier alpha value is -2.11. The molecule has 3 aromatic heterocycles. The van der Waals surface area contributed by atoms with Crippen molar-refractivity contribution in [2.75, 3.05) is 0 Å². The standard InChI is InChI=1S/C15H9ClN4S/c1-8-7-10(9-5-3-2-4-6-9)17-15-11(8)12-13(21-15)14(16)19-20-18-12/h2-7H,1H3. The lowest BCUT2D eigenvalue weighted by Gasteiger charge is -2.03. The van der Waals surface area contributed by atoms with E-state index < -0.39 is 0 Å². The molecule has 4 rings (SSSR count). The first kappa shape index (κ1) is 12.6. The number of hydrogen-bond acceptors (Lipinski definition) is 5. The Morgan fingerprint density at radius 2 is 1.90 bits per heavy atom. The van der Waals surface area contributed by atoms with Crippen LogP contribution in [0.4, 0.5) is 0 Å². The Labute approximate surface area is 129 Å². The summed E-state index contributed by atoms with van der Waals surface area (Å²) in [4.78, 5) is 5.66. The predicted octanol–water partition coefficient (Wildman–Crippen LogP) is 4.26. The molecule has 0 saturated carbocycles. The number of hydrogen-bond donors (Lipinski definition) is 0. The number of pyridine rings is 1. The van der Waals surface area contributed by atoms with Gasteiger partial charge in [0.2, 0.25) is 0 Å². The summed E-state index contributed by atoms with van der Waals surface area (Å²) in [6.45, 7) is 2.05. The summed E-state index contributed by atoms with van der Waals surface area (Å²) in [7, 11) is 0. The molecule has 6 heteroatoms. The van der Waals surface area contributed by atoms with E-state index in [1.807, 2.05) is 18.2 Å². The third-order valence-electron chi connectivity index (χ3n) is 3.37. The first-order valence-corrected chi connectivity index (χ1v) is 7.57. The molecule has 0 aliphatic heterocycles. The minimum absolute atomic E-state index is 0.378. The van der Waals surface area contributed by atoms with Crippen LogP contribution in [-0.2, 0) is 0 Å². The largest absolute Gasteiger partial charge is 0.237 e. The highest BCUT2D eigenvalue weighted by Crippen LogP contribution is 2.37. The second-order valence-corrected chi connectivity index (χ2v) is 6.09. The van der Waals surface area contributed by atoms with E-state index in [1.54, 1.807) is 0 Å². The van der Waals surface area contributed by atoms with E-state index >= 15 is 0 Å². The van der Waals surface area contributed by atoms with E-state index in [-0.39, 0.29) is 0 Å². The molecule has 1 aromatic carbocycles. The van der Waals surface area contributed by atoms with Crippen LogP contribution in [0.5, 0.6) is 0 Å². The van der Waals surface area contributed by atoms with Crippen molar-refractivity contribution in [2.45, 2.75) is 6.92 Å². The monoisotopic (exact) mass is 312 g/mol. The average Bonchev–Trinajstić information content (AvgIpc) is 2.89. The van der Waals surface area contributed by atoms with Gasteiger partial charge in [0, 0.05) is 10.9 Å². The molecule has 21 heavy (non-hydrogen) atoms. The molecule has 3 heterocycles. The van der Waals surface area contributed by atoms with Crippen molar-refractivity contribution in [3.63, 3.8) is 0 Å². The minimum atomic E-state index is 0.378. The Morgan fingerprint density at radius 3 is 2.71 bits per heavy atom. The zero-order valence-corrected chi connectivity index (χ0v) is 12.6. The smallest absolute Gasteiger partial charge is 0.172 e. The van der Waals surface area contributed by atoms with Crippen molar-refractivity contribution in [3.05, 3.63) is 47.1 Å². The van der Waals surface area contributed by atoms with Gasteiger partial charge in [-0.1, -0.05) is 41.9 Å². The molecule has 102 valence electrons. The summed E-state index contributed by atoms with van der Waals surface area (Å²) < 4.78 is 0.836. The molecule has 0 atom stereocenters. The molecule has 4 nitrogen and oxygen atoms in total. The maximum Gasteiger partial charge on any atom is 0.172 e. The van der Waals surface area contributed by atoms with E-state index in [0.29, 0.717) is 5.15 Å². The predicted molar refractivity (Wildman–Crippen MR) is 85.7 cm³/mol. The van der Waals surface area contributed by atoms with Crippen molar-refractivity contribution >= 4 is 43.4 Å². The number of thiophene rings is 1. The summed E-state index contributed by atoms with van der Waals surface area (Å²) in [5.41, 5.74) is 3.93. The van der Waals surface area contributed by atoms with Crippen molar-refractivity contribution in [2.24, 2.45) is 0 Å². The van der Waals surface area contributed by atoms with Crippen LogP contribution in [0.3, 0.4) is 0 Å². The number of benzene rings is 1. The lowest BCUT2D eigenvalue weighted by atomic mass is 10.1. The van der Waals surface area contributed by atoms with Crippen molar-refractivity contribution in [3.8, 4) is 11.3 Å². The van der Waals surface area contributed by atoms with Crippen LogP contribution in [0.1, 0.15) is 5.56 Å². The third-order valence-corrected chi connectivity index (χ3v) is 4.82. The maximum absolute atomic E-state index is 6.11. The third kappa shape index (κ3) is 1.97. The molecule has 0 spiro atoms. The number of aromatic nitrogens is 4. The molecule has 4 aromatic rings. The number of fused-ring (bicyclic) bond motifs is 3. The van der Waals surface area contributed by atoms with Gasteiger partial charge in [-0.3, -0.25) is 0 Å². The van der Waals surface area contributed by atoms with E-state index in [0.717, 1.165) is 37.3 Å². The Balaban J connectivity index is 2.07. The molecule has 0 unspecified atom stereocenters. The van der Waals surface area contributed by atoms with Crippen molar-refractivity contribution in [1.29, 1.82) is 0 Å². The van der Waals surface area contributed by atoms with Crippen LogP contribution < -0.4 is 0 Å². The number of nitrogens with zero attached hydrogens (tertiary/aromatic N) is 4. The lowest BCUT2D eigenvalue weighted by Crippen LogP contribution is -1.89. The SMILES string of the molecule is Cc1cc(-c2ccccc2)nc2sc3c(Cl)nnnc3c12. The fourth-order valence-corrected chi connectivity index (χ4v) is 3.71. The van der Waals surface area contributed by atoms with E-state index in [9.17, 15) is 0 Å². The maximum atomic E-state index is 6.11. The summed E-state index contributed by atoms with van der Waals surface area (Å²) in [5.74, 6) is 0. The van der Waals surface area contributed by atoms with Gasteiger partial charge in [-0.15, -0.1) is 21.5 Å². The fourth-order valence-electron chi connectivity index (χ4n) is 2.41. The van der Waals surface area contributed by atoms with Crippen LogP contribution in [-0.4, -0.2) is 20.4 Å². The van der Waals surface area contributed by atoms with Gasteiger partial charge in [-0.25, -0.2) is 4.98 Å². The van der Waals surface area contributed by atoms with E-state index in [4.69, 9.17) is 16.6 Å². The average molecular weight is 313 g/mol. The topological polar surface area (TPSA) is 51.6 Å². The van der Waals surface area contributed by atoms with Gasteiger partial charge in [-0.05, 0) is 23.8 Å². The lowest BCUT2D eigenvalue weighted by molar-refractivity contribution is 0.900. The summed E-state index contributed by atoms with van der Waals surface area (Å²) in [5, 5.41) is 13.0. The van der Waals surface area contributed by atoms with Crippen LogP contribution in [0.2, 0.25) is 5.15 Å². The normalized spacial score (nSPS) is 11.3. The highest BCUT2D eigenvalue weighted by Gasteiger charge is 2.15. The van der Waals surface area contributed by atoms with Gasteiger partial charge in [0.05, 0.1) is 10.4 Å². The molecule has 0 radical (unpaired) electrons. The van der Waals surface area contributed by atoms with Crippen molar-refractivity contribution in [1.82, 2.24) is 20.4 Å². The quantitative estimate of drug-likeness (QED) is 0.527. The molecule has 0 aliphatic rings. The second-order valence-electron chi connectivity index (χ2n) is 4.73. The van der Waals surface area contributed by atoms with Crippen molar-refractivity contribution < 1.29 is 0 Å². The van der Waals surface area contributed by atoms with Crippen LogP contribution in [0.15, 0.2) is 36.4 Å². The van der Waals surface area contributed by atoms with Gasteiger partial charge < -0.3 is 0 Å². The molecular weight excluding hydrogens is 304 g/mol. The zero-order chi connectivity index (χ0) is 14.4. The van der Waals surface area contributed by atoms with Gasteiger partial charge in [0.1, 0.15) is 10.3 Å². The summed E-state index contributed by atoms with van der Waals surface area (Å²) >= 11 is 7.61. The Bertz CT molecular complexity index is 966. The molecule has 0 bridgehead atoms. The molecule has 0 aliphatic carbocycles. The highest BCUT2D eigenvalue weighted by atomic mass is 35.5. The Kier molecular flexibility index (Phi) is 2.83. The fraction of sp³-hybridized carbons (Fsp3) is 0.0667. The summed E-state index contributed by atoms with van der Waals surface area (Å²) in [6, 6.07) is 12.2. The van der Waals surface area contributed by atoms with Gasteiger partial charge >= 0.3 is 0 Å². The van der Waals surface area contributed by atoms with Crippen LogP contribution in [0.25, 0.3) is 31.7 Å². The van der Waals surface area contributed by atoms with E-state index in [1.165, 1.54) is 11.3 Å². The molecule has 0 amide bonds. The minimum Gasteiger partial charge on any atom is -0.237 e. The molecular formula is C15H9ClN4S. The van der Waals surface area contributed by atoms with Gasteiger partial charge in [0.25, 0.3) is 0 Å². The van der Waals surface area contributed by atoms with Crippen LogP contribution >= 0.6 is 22.9 Å². The highest BCUT2D eigenvalue weighted by molar-refractivity contribution is 7.26. The molecule has 0 fully saturated rings. The van der Waals surface area contributed by atoms with Crippen LogP contribution in [0, 0.1) is 6.92 Å². The second kappa shape index (κ2) is 4.72. The first-order valence-electron chi connectivity index (χ1n) is 6.38. The number of halogens is 1. The first-order chi connectivity index (χ1) is 10.2. The number of rotatable bonds is 1. The van der Waals surface area contributed by atoms with Gasteiger partial charge in [0.15, 0.2) is 5.15 Å². The van der Waals surface area contributed by atoms with Gasteiger partial charge in [-0.2, -0.15) is 0 Å².